The molecule has 0 radical (unpaired) electrons. The van der Waals surface area contributed by atoms with Crippen LogP contribution in [-0.2, 0) is 13.0 Å². The molecule has 1 N–H and O–H groups in total. The molecule has 4 aliphatic rings. The summed E-state index contributed by atoms with van der Waals surface area (Å²) in [5.41, 5.74) is 2.65. The van der Waals surface area contributed by atoms with Gasteiger partial charge in [-0.2, -0.15) is 0 Å². The molecule has 43 heavy (non-hydrogen) atoms. The summed E-state index contributed by atoms with van der Waals surface area (Å²) >= 11 is 0. The van der Waals surface area contributed by atoms with Crippen molar-refractivity contribution in [2.75, 3.05) is 24.5 Å². The lowest BCUT2D eigenvalue weighted by atomic mass is 9.61. The second kappa shape index (κ2) is 11.8. The number of ether oxygens (including phenoxy) is 2. The normalized spacial score (nSPS) is 19.0. The maximum atomic E-state index is 14.4. The van der Waals surface area contributed by atoms with E-state index >= 15 is 0 Å². The topological polar surface area (TPSA) is 106 Å². The molecule has 2 aromatic heterocycles. The summed E-state index contributed by atoms with van der Waals surface area (Å²) in [7, 11) is 0. The lowest BCUT2D eigenvalue weighted by Crippen LogP contribution is -2.65. The van der Waals surface area contributed by atoms with Crippen LogP contribution in [0.4, 0.5) is 10.2 Å². The van der Waals surface area contributed by atoms with Crippen molar-refractivity contribution in [2.45, 2.75) is 77.1 Å². The summed E-state index contributed by atoms with van der Waals surface area (Å²) in [5.74, 6) is 1.26. The van der Waals surface area contributed by atoms with Crippen LogP contribution in [0.3, 0.4) is 0 Å². The molecule has 2 aliphatic heterocycles. The van der Waals surface area contributed by atoms with E-state index < -0.39 is 5.82 Å². The van der Waals surface area contributed by atoms with Gasteiger partial charge in [0, 0.05) is 48.9 Å². The Kier molecular flexibility index (Phi) is 8.12. The maximum absolute atomic E-state index is 14.4. The highest BCUT2D eigenvalue weighted by Gasteiger charge is 2.54. The Morgan fingerprint density at radius 2 is 1.98 bits per heavy atom. The highest BCUT2D eigenvalue weighted by atomic mass is 35.5. The van der Waals surface area contributed by atoms with E-state index in [-0.39, 0.29) is 59.1 Å². The number of pyridine rings is 1. The van der Waals surface area contributed by atoms with Crippen LogP contribution < -0.4 is 19.7 Å². The van der Waals surface area contributed by atoms with Gasteiger partial charge in [-0.15, -0.1) is 22.6 Å². The molecule has 3 fully saturated rings. The maximum Gasteiger partial charge on any atom is 0.282 e. The molecule has 1 spiro atoms. The van der Waals surface area contributed by atoms with Gasteiger partial charge < -0.3 is 24.6 Å². The molecule has 12 heteroatoms. The first-order valence-electron chi connectivity index (χ1n) is 15.0. The van der Waals surface area contributed by atoms with Crippen LogP contribution in [0.15, 0.2) is 36.8 Å². The number of fused-ring (bicyclic) bond motifs is 1. The Morgan fingerprint density at radius 1 is 1.16 bits per heavy atom. The zero-order valence-electron chi connectivity index (χ0n) is 24.5. The third kappa shape index (κ3) is 5.60. The zero-order valence-corrected chi connectivity index (χ0v) is 25.3. The molecule has 0 atom stereocenters. The molecule has 2 saturated carbocycles. The molecule has 1 saturated heterocycles. The molecule has 0 bridgehead atoms. The number of amides is 1. The van der Waals surface area contributed by atoms with Gasteiger partial charge >= 0.3 is 0 Å². The third-order valence-corrected chi connectivity index (χ3v) is 9.12. The fourth-order valence-electron chi connectivity index (χ4n) is 6.84. The molecule has 3 aromatic rings. The standard InChI is InChI=1S/C31H36FN7O3.ClH/c1-19(2)39(21-4-3-5-21)30(40)24-12-20(32)6-7-26(24)42-29-28(35-18-36-37-29)38-16-31(17-38)13-22(14-31)41-27-9-11-34-25-15-33-10-8-23(25)27;/h6-7,9,11-12,18-19,21-22,33H,3-5,8,10,13-17H2,1-2H3;1H. The van der Waals surface area contributed by atoms with Crippen molar-refractivity contribution >= 4 is 24.1 Å². The number of rotatable bonds is 8. The van der Waals surface area contributed by atoms with Gasteiger partial charge in [0.05, 0.1) is 11.3 Å². The predicted octanol–water partition coefficient (Wildman–Crippen LogP) is 4.72. The van der Waals surface area contributed by atoms with E-state index in [9.17, 15) is 9.18 Å². The van der Waals surface area contributed by atoms with Gasteiger partial charge in [-0.25, -0.2) is 9.37 Å². The van der Waals surface area contributed by atoms with Gasteiger partial charge in [-0.1, -0.05) is 0 Å². The smallest absolute Gasteiger partial charge is 0.282 e. The second-order valence-corrected chi connectivity index (χ2v) is 12.4. The molecule has 7 rings (SSSR count). The average molecular weight is 610 g/mol. The zero-order chi connectivity index (χ0) is 28.8. The Balaban J connectivity index is 0.00000329. The largest absolute Gasteiger partial charge is 0.490 e. The summed E-state index contributed by atoms with van der Waals surface area (Å²) in [6.45, 7) is 7.31. The van der Waals surface area contributed by atoms with Crippen molar-refractivity contribution in [1.29, 1.82) is 0 Å². The number of nitrogens with zero attached hydrogens (tertiary/aromatic N) is 6. The van der Waals surface area contributed by atoms with Gasteiger partial charge in [0.15, 0.2) is 5.82 Å². The third-order valence-electron chi connectivity index (χ3n) is 9.12. The highest BCUT2D eigenvalue weighted by molar-refractivity contribution is 5.97. The molecule has 1 amide bonds. The second-order valence-electron chi connectivity index (χ2n) is 12.4. The number of hydrogen-bond acceptors (Lipinski definition) is 9. The monoisotopic (exact) mass is 609 g/mol. The van der Waals surface area contributed by atoms with Crippen LogP contribution in [0.25, 0.3) is 0 Å². The first-order chi connectivity index (χ1) is 20.4. The van der Waals surface area contributed by atoms with Crippen LogP contribution in [0.1, 0.15) is 67.6 Å². The van der Waals surface area contributed by atoms with Crippen LogP contribution in [-0.4, -0.2) is 68.8 Å². The number of hydrogen-bond donors (Lipinski definition) is 1. The lowest BCUT2D eigenvalue weighted by molar-refractivity contribution is -0.0350. The summed E-state index contributed by atoms with van der Waals surface area (Å²) < 4.78 is 27.0. The van der Waals surface area contributed by atoms with Crippen LogP contribution in [0.2, 0.25) is 0 Å². The van der Waals surface area contributed by atoms with E-state index in [4.69, 9.17) is 9.47 Å². The van der Waals surface area contributed by atoms with E-state index in [0.717, 1.165) is 76.1 Å². The van der Waals surface area contributed by atoms with Crippen molar-refractivity contribution < 1.29 is 18.7 Å². The van der Waals surface area contributed by atoms with Crippen molar-refractivity contribution in [3.63, 3.8) is 0 Å². The van der Waals surface area contributed by atoms with Crippen LogP contribution in [0, 0.1) is 11.2 Å². The number of carbonyl (C=O) groups is 1. The molecular formula is C31H37ClFN7O3. The predicted molar refractivity (Wildman–Crippen MR) is 160 cm³/mol. The van der Waals surface area contributed by atoms with Crippen LogP contribution in [0.5, 0.6) is 17.4 Å². The van der Waals surface area contributed by atoms with Gasteiger partial charge in [0.2, 0.25) is 0 Å². The molecule has 228 valence electrons. The van der Waals surface area contributed by atoms with Gasteiger partial charge in [-0.05, 0) is 83.2 Å². The number of halogens is 2. The minimum Gasteiger partial charge on any atom is -0.490 e. The van der Waals surface area contributed by atoms with Crippen molar-refractivity contribution in [1.82, 2.24) is 30.4 Å². The van der Waals surface area contributed by atoms with Crippen molar-refractivity contribution in [2.24, 2.45) is 5.41 Å². The average Bonchev–Trinajstić information content (AvgIpc) is 2.92. The minimum absolute atomic E-state index is 0. The summed E-state index contributed by atoms with van der Waals surface area (Å²) in [6, 6.07) is 6.16. The van der Waals surface area contributed by atoms with E-state index in [1.54, 1.807) is 0 Å². The number of anilines is 1. The Labute approximate surface area is 256 Å². The lowest BCUT2D eigenvalue weighted by Gasteiger charge is -2.58. The first-order valence-corrected chi connectivity index (χ1v) is 15.0. The minimum atomic E-state index is -0.490. The number of nitrogens with one attached hydrogen (secondary N) is 1. The highest BCUT2D eigenvalue weighted by Crippen LogP contribution is 2.52. The van der Waals surface area contributed by atoms with E-state index in [1.165, 1.54) is 30.1 Å². The molecule has 4 heterocycles. The van der Waals surface area contributed by atoms with Gasteiger partial charge in [-0.3, -0.25) is 9.78 Å². The van der Waals surface area contributed by atoms with Crippen molar-refractivity contribution in [3.05, 3.63) is 59.4 Å². The Morgan fingerprint density at radius 3 is 2.72 bits per heavy atom. The molecule has 0 unspecified atom stereocenters. The molecule has 1 aromatic carbocycles. The summed E-state index contributed by atoms with van der Waals surface area (Å²) in [6.07, 6.45) is 9.29. The summed E-state index contributed by atoms with van der Waals surface area (Å²) in [4.78, 5) is 26.6. The quantitative estimate of drug-likeness (QED) is 0.388. The number of carbonyl (C=O) groups excluding carboxylic acids is 1. The SMILES string of the molecule is CC(C)N(C(=O)c1cc(F)ccc1Oc1nncnc1N1CC2(CC(Oc3ccnc4c3CCNC4)C2)C1)C1CCC1.Cl. The molecule has 2 aliphatic carbocycles. The van der Waals surface area contributed by atoms with Crippen molar-refractivity contribution in [3.8, 4) is 17.4 Å². The number of benzene rings is 1. The van der Waals surface area contributed by atoms with Gasteiger partial charge in [0.25, 0.3) is 11.8 Å². The molecular weight excluding hydrogens is 573 g/mol. The number of aromatic nitrogens is 4. The fourth-order valence-corrected chi connectivity index (χ4v) is 6.84. The Bertz CT molecular complexity index is 1490. The van der Waals surface area contributed by atoms with Crippen LogP contribution >= 0.6 is 12.4 Å². The van der Waals surface area contributed by atoms with E-state index in [0.29, 0.717) is 5.82 Å². The first kappa shape index (κ1) is 29.5. The Hall–Kier alpha value is -3.57. The summed E-state index contributed by atoms with van der Waals surface area (Å²) in [5, 5.41) is 11.5. The van der Waals surface area contributed by atoms with Gasteiger partial charge in [0.1, 0.15) is 29.7 Å². The van der Waals surface area contributed by atoms with E-state index in [2.05, 4.69) is 30.4 Å². The van der Waals surface area contributed by atoms with E-state index in [1.807, 2.05) is 31.0 Å². The molecule has 10 nitrogen and oxygen atoms in total. The fraction of sp³-hybridized carbons (Fsp3) is 0.516.